The molecular formula is C17H16FN3. The van der Waals surface area contributed by atoms with Gasteiger partial charge in [0.2, 0.25) is 0 Å². The molecule has 4 heteroatoms. The van der Waals surface area contributed by atoms with Gasteiger partial charge in [-0.15, -0.1) is 0 Å². The zero-order chi connectivity index (χ0) is 14.8. The summed E-state index contributed by atoms with van der Waals surface area (Å²) in [5, 5.41) is 4.33. The molecule has 0 spiro atoms. The molecule has 1 heterocycles. The lowest BCUT2D eigenvalue weighted by Gasteiger charge is -2.06. The maximum atomic E-state index is 13.0. The van der Waals surface area contributed by atoms with Gasteiger partial charge in [0.1, 0.15) is 5.82 Å². The molecule has 0 fully saturated rings. The second kappa shape index (κ2) is 5.50. The van der Waals surface area contributed by atoms with Gasteiger partial charge in [0.15, 0.2) is 0 Å². The molecule has 21 heavy (non-hydrogen) atoms. The zero-order valence-electron chi connectivity index (χ0n) is 11.7. The van der Waals surface area contributed by atoms with E-state index in [0.29, 0.717) is 0 Å². The Labute approximate surface area is 122 Å². The Morgan fingerprint density at radius 3 is 2.57 bits per heavy atom. The Bertz CT molecular complexity index is 745. The van der Waals surface area contributed by atoms with Crippen LogP contribution in [0.4, 0.5) is 4.39 Å². The topological polar surface area (TPSA) is 43.8 Å². The van der Waals surface area contributed by atoms with Gasteiger partial charge in [-0.3, -0.25) is 0 Å². The summed E-state index contributed by atoms with van der Waals surface area (Å²) in [5.74, 6) is -0.254. The van der Waals surface area contributed by atoms with Crippen molar-refractivity contribution < 1.29 is 4.39 Å². The fraction of sp³-hybridized carbons (Fsp3) is 0.118. The van der Waals surface area contributed by atoms with Crippen LogP contribution in [0.1, 0.15) is 18.5 Å². The summed E-state index contributed by atoms with van der Waals surface area (Å²) in [4.78, 5) is 0. The van der Waals surface area contributed by atoms with Crippen molar-refractivity contribution in [1.82, 2.24) is 9.78 Å². The SMILES string of the molecule is C[C@H](N)c1cccc(-c2cnn(-c3ccc(F)cc3)c2)c1. The third kappa shape index (κ3) is 2.85. The van der Waals surface area contributed by atoms with Gasteiger partial charge in [0, 0.05) is 17.8 Å². The van der Waals surface area contributed by atoms with E-state index in [-0.39, 0.29) is 11.9 Å². The van der Waals surface area contributed by atoms with Crippen molar-refractivity contribution in [2.45, 2.75) is 13.0 Å². The van der Waals surface area contributed by atoms with Gasteiger partial charge in [0.05, 0.1) is 11.9 Å². The average Bonchev–Trinajstić information content (AvgIpc) is 2.98. The van der Waals surface area contributed by atoms with E-state index in [2.05, 4.69) is 11.2 Å². The minimum Gasteiger partial charge on any atom is -0.324 e. The molecule has 0 aliphatic heterocycles. The summed E-state index contributed by atoms with van der Waals surface area (Å²) in [6.45, 7) is 1.96. The molecule has 0 unspecified atom stereocenters. The highest BCUT2D eigenvalue weighted by Gasteiger charge is 2.06. The second-order valence-corrected chi connectivity index (χ2v) is 5.06. The van der Waals surface area contributed by atoms with Gasteiger partial charge in [-0.05, 0) is 48.4 Å². The van der Waals surface area contributed by atoms with Crippen LogP contribution in [0, 0.1) is 5.82 Å². The molecule has 106 valence electrons. The van der Waals surface area contributed by atoms with Gasteiger partial charge < -0.3 is 5.73 Å². The van der Waals surface area contributed by atoms with E-state index in [0.717, 1.165) is 22.4 Å². The van der Waals surface area contributed by atoms with Gasteiger partial charge in [-0.25, -0.2) is 9.07 Å². The highest BCUT2D eigenvalue weighted by Crippen LogP contribution is 2.23. The highest BCUT2D eigenvalue weighted by atomic mass is 19.1. The molecule has 0 radical (unpaired) electrons. The van der Waals surface area contributed by atoms with Crippen molar-refractivity contribution >= 4 is 0 Å². The van der Waals surface area contributed by atoms with Crippen LogP contribution in [-0.4, -0.2) is 9.78 Å². The minimum absolute atomic E-state index is 0.00269. The molecule has 0 aliphatic carbocycles. The molecule has 0 aliphatic rings. The van der Waals surface area contributed by atoms with Crippen molar-refractivity contribution in [2.24, 2.45) is 5.73 Å². The predicted octanol–water partition coefficient (Wildman–Crippen LogP) is 3.70. The van der Waals surface area contributed by atoms with Gasteiger partial charge in [-0.2, -0.15) is 5.10 Å². The standard InChI is InChI=1S/C17H16FN3/c1-12(19)13-3-2-4-14(9-13)15-10-20-21(11-15)17-7-5-16(18)6-8-17/h2-12H,19H2,1H3/t12-/m0/s1. The average molecular weight is 281 g/mol. The molecule has 0 bridgehead atoms. The first-order valence-corrected chi connectivity index (χ1v) is 6.80. The Kier molecular flexibility index (Phi) is 3.54. The van der Waals surface area contributed by atoms with Gasteiger partial charge in [-0.1, -0.05) is 18.2 Å². The Hall–Kier alpha value is -2.46. The summed E-state index contributed by atoms with van der Waals surface area (Å²) in [5.41, 5.74) is 9.89. The van der Waals surface area contributed by atoms with Crippen molar-refractivity contribution in [3.8, 4) is 16.8 Å². The van der Waals surface area contributed by atoms with E-state index >= 15 is 0 Å². The monoisotopic (exact) mass is 281 g/mol. The fourth-order valence-electron chi connectivity index (χ4n) is 2.21. The molecule has 1 atom stereocenters. The molecule has 2 N–H and O–H groups in total. The molecule has 1 aromatic heterocycles. The summed E-state index contributed by atoms with van der Waals surface area (Å²) < 4.78 is 14.7. The van der Waals surface area contributed by atoms with E-state index in [1.54, 1.807) is 23.0 Å². The van der Waals surface area contributed by atoms with Crippen molar-refractivity contribution in [3.63, 3.8) is 0 Å². The molecule has 3 aromatic rings. The van der Waals surface area contributed by atoms with Gasteiger partial charge >= 0.3 is 0 Å². The van der Waals surface area contributed by atoms with Crippen LogP contribution >= 0.6 is 0 Å². The van der Waals surface area contributed by atoms with Crippen molar-refractivity contribution in [3.05, 3.63) is 72.3 Å². The van der Waals surface area contributed by atoms with Crippen LogP contribution in [-0.2, 0) is 0 Å². The molecule has 3 rings (SSSR count). The van der Waals surface area contributed by atoms with Crippen LogP contribution in [0.25, 0.3) is 16.8 Å². The van der Waals surface area contributed by atoms with Crippen LogP contribution in [0.15, 0.2) is 60.9 Å². The van der Waals surface area contributed by atoms with E-state index in [1.165, 1.54) is 12.1 Å². The van der Waals surface area contributed by atoms with Crippen LogP contribution in [0.5, 0.6) is 0 Å². The summed E-state index contributed by atoms with van der Waals surface area (Å²) in [7, 11) is 0. The first-order chi connectivity index (χ1) is 10.1. The second-order valence-electron chi connectivity index (χ2n) is 5.06. The number of aromatic nitrogens is 2. The maximum Gasteiger partial charge on any atom is 0.123 e. The zero-order valence-corrected chi connectivity index (χ0v) is 11.7. The van der Waals surface area contributed by atoms with E-state index < -0.39 is 0 Å². The van der Waals surface area contributed by atoms with E-state index in [9.17, 15) is 4.39 Å². The normalized spacial score (nSPS) is 12.3. The van der Waals surface area contributed by atoms with Crippen molar-refractivity contribution in [2.75, 3.05) is 0 Å². The fourth-order valence-corrected chi connectivity index (χ4v) is 2.21. The molecule has 3 nitrogen and oxygen atoms in total. The molecule has 0 amide bonds. The highest BCUT2D eigenvalue weighted by molar-refractivity contribution is 5.63. The summed E-state index contributed by atoms with van der Waals surface area (Å²) in [6.07, 6.45) is 3.72. The lowest BCUT2D eigenvalue weighted by molar-refractivity contribution is 0.627. The summed E-state index contributed by atoms with van der Waals surface area (Å²) >= 11 is 0. The number of benzene rings is 2. The van der Waals surface area contributed by atoms with E-state index in [1.807, 2.05) is 31.3 Å². The van der Waals surface area contributed by atoms with Crippen LogP contribution in [0.2, 0.25) is 0 Å². The van der Waals surface area contributed by atoms with Gasteiger partial charge in [0.25, 0.3) is 0 Å². The predicted molar refractivity (Wildman–Crippen MR) is 81.6 cm³/mol. The van der Waals surface area contributed by atoms with Crippen molar-refractivity contribution in [1.29, 1.82) is 0 Å². The van der Waals surface area contributed by atoms with Crippen LogP contribution in [0.3, 0.4) is 0 Å². The number of rotatable bonds is 3. The smallest absolute Gasteiger partial charge is 0.123 e. The minimum atomic E-state index is -0.254. The number of nitrogens with two attached hydrogens (primary N) is 1. The lowest BCUT2D eigenvalue weighted by Crippen LogP contribution is -2.04. The molecule has 0 saturated carbocycles. The van der Waals surface area contributed by atoms with E-state index in [4.69, 9.17) is 5.73 Å². The number of nitrogens with zero attached hydrogens (tertiary/aromatic N) is 2. The Morgan fingerprint density at radius 2 is 1.86 bits per heavy atom. The quantitative estimate of drug-likeness (QED) is 0.795. The molecule has 2 aromatic carbocycles. The maximum absolute atomic E-state index is 13.0. The Morgan fingerprint density at radius 1 is 1.10 bits per heavy atom. The number of halogens is 1. The Balaban J connectivity index is 1.94. The third-order valence-corrected chi connectivity index (χ3v) is 3.42. The largest absolute Gasteiger partial charge is 0.324 e. The lowest BCUT2D eigenvalue weighted by atomic mass is 10.0. The first-order valence-electron chi connectivity index (χ1n) is 6.80. The number of hydrogen-bond acceptors (Lipinski definition) is 2. The van der Waals surface area contributed by atoms with Crippen LogP contribution < -0.4 is 5.73 Å². The number of hydrogen-bond donors (Lipinski definition) is 1. The first kappa shape index (κ1) is 13.5. The third-order valence-electron chi connectivity index (χ3n) is 3.42. The molecular weight excluding hydrogens is 265 g/mol. The molecule has 0 saturated heterocycles. The summed E-state index contributed by atoms with van der Waals surface area (Å²) in [6, 6.07) is 14.3.